The van der Waals surface area contributed by atoms with Crippen LogP contribution in [0.25, 0.3) is 0 Å². The Kier molecular flexibility index (Phi) is 10.0. The summed E-state index contributed by atoms with van der Waals surface area (Å²) in [4.78, 5) is 4.96. The largest absolute Gasteiger partial charge is 0.357 e. The Labute approximate surface area is 181 Å². The Morgan fingerprint density at radius 3 is 2.41 bits per heavy atom. The normalized spacial score (nSPS) is 20.9. The Hall–Kier alpha value is -0.870. The molecule has 0 atom stereocenters. The Bertz CT molecular complexity index is 714. The lowest BCUT2D eigenvalue weighted by Gasteiger charge is -2.28. The number of nitrogens with one attached hydrogen (secondary N) is 2. The fraction of sp³-hybridized carbons (Fsp3) is 0.632. The predicted molar refractivity (Wildman–Crippen MR) is 122 cm³/mol. The molecule has 154 valence electrons. The lowest BCUT2D eigenvalue weighted by atomic mass is 9.87. The van der Waals surface area contributed by atoms with Crippen molar-refractivity contribution in [2.24, 2.45) is 10.9 Å². The quantitative estimate of drug-likeness (QED) is 0.352. The summed E-state index contributed by atoms with van der Waals surface area (Å²) in [5.74, 6) is 1.56. The van der Waals surface area contributed by atoms with Gasteiger partial charge in [-0.25, -0.2) is 17.7 Å². The first-order valence-corrected chi connectivity index (χ1v) is 10.8. The number of guanidine groups is 1. The average Bonchev–Trinajstić information content (AvgIpc) is 2.62. The van der Waals surface area contributed by atoms with Crippen LogP contribution >= 0.6 is 24.0 Å². The molecule has 27 heavy (non-hydrogen) atoms. The van der Waals surface area contributed by atoms with E-state index in [1.165, 1.54) is 17.1 Å². The molecule has 0 saturated heterocycles. The molecule has 1 aliphatic rings. The summed E-state index contributed by atoms with van der Waals surface area (Å²) >= 11 is 0. The van der Waals surface area contributed by atoms with Crippen LogP contribution in [0.1, 0.15) is 45.1 Å². The minimum absolute atomic E-state index is 0. The first kappa shape index (κ1) is 24.2. The molecule has 0 unspecified atom stereocenters. The van der Waals surface area contributed by atoms with Crippen LogP contribution in [-0.2, 0) is 16.6 Å². The highest BCUT2D eigenvalue weighted by atomic mass is 127. The molecule has 1 fully saturated rings. The van der Waals surface area contributed by atoms with E-state index in [0.717, 1.165) is 31.3 Å². The van der Waals surface area contributed by atoms with Crippen molar-refractivity contribution < 1.29 is 8.42 Å². The SMILES string of the molecule is CCNC(=NCc1ccccc1S(=O)(=O)N(C)C)NC1CCC(C)CC1.I. The monoisotopic (exact) mass is 508 g/mol. The van der Waals surface area contributed by atoms with Crippen LogP contribution in [0.15, 0.2) is 34.2 Å². The Balaban J connectivity index is 0.00000364. The molecule has 0 heterocycles. The molecule has 0 bridgehead atoms. The van der Waals surface area contributed by atoms with Crippen LogP contribution in [0.3, 0.4) is 0 Å². The van der Waals surface area contributed by atoms with Gasteiger partial charge in [0.1, 0.15) is 0 Å². The molecule has 1 saturated carbocycles. The number of benzene rings is 1. The third-order valence-electron chi connectivity index (χ3n) is 4.84. The van der Waals surface area contributed by atoms with E-state index in [0.29, 0.717) is 23.0 Å². The summed E-state index contributed by atoms with van der Waals surface area (Å²) in [5.41, 5.74) is 0.704. The second-order valence-corrected chi connectivity index (χ2v) is 9.31. The maximum Gasteiger partial charge on any atom is 0.242 e. The molecule has 1 aromatic carbocycles. The number of hydrogen-bond acceptors (Lipinski definition) is 3. The highest BCUT2D eigenvalue weighted by Gasteiger charge is 2.21. The van der Waals surface area contributed by atoms with Crippen LogP contribution in [-0.4, -0.2) is 45.4 Å². The molecule has 1 aromatic rings. The van der Waals surface area contributed by atoms with E-state index in [9.17, 15) is 8.42 Å². The van der Waals surface area contributed by atoms with Crippen LogP contribution in [0, 0.1) is 5.92 Å². The third-order valence-corrected chi connectivity index (χ3v) is 6.76. The van der Waals surface area contributed by atoms with E-state index in [1.807, 2.05) is 19.1 Å². The lowest BCUT2D eigenvalue weighted by Crippen LogP contribution is -2.44. The van der Waals surface area contributed by atoms with Crippen molar-refractivity contribution in [3.63, 3.8) is 0 Å². The topological polar surface area (TPSA) is 73.8 Å². The Morgan fingerprint density at radius 2 is 1.81 bits per heavy atom. The van der Waals surface area contributed by atoms with E-state index in [-0.39, 0.29) is 24.0 Å². The number of nitrogens with zero attached hydrogens (tertiary/aromatic N) is 2. The van der Waals surface area contributed by atoms with Crippen molar-refractivity contribution in [2.45, 2.75) is 57.0 Å². The van der Waals surface area contributed by atoms with Gasteiger partial charge in [-0.15, -0.1) is 24.0 Å². The third kappa shape index (κ3) is 6.90. The van der Waals surface area contributed by atoms with Gasteiger partial charge in [-0.3, -0.25) is 0 Å². The summed E-state index contributed by atoms with van der Waals surface area (Å²) in [6.07, 6.45) is 4.77. The zero-order valence-corrected chi connectivity index (χ0v) is 19.9. The van der Waals surface area contributed by atoms with Gasteiger partial charge in [0.25, 0.3) is 0 Å². The lowest BCUT2D eigenvalue weighted by molar-refractivity contribution is 0.329. The van der Waals surface area contributed by atoms with Crippen molar-refractivity contribution in [3.8, 4) is 0 Å². The van der Waals surface area contributed by atoms with Gasteiger partial charge >= 0.3 is 0 Å². The highest BCUT2D eigenvalue weighted by Crippen LogP contribution is 2.23. The minimum atomic E-state index is -3.48. The molecule has 0 amide bonds. The summed E-state index contributed by atoms with van der Waals surface area (Å²) in [5, 5.41) is 6.78. The fourth-order valence-electron chi connectivity index (χ4n) is 3.16. The van der Waals surface area contributed by atoms with Gasteiger partial charge in [0.15, 0.2) is 5.96 Å². The molecule has 2 N–H and O–H groups in total. The van der Waals surface area contributed by atoms with E-state index >= 15 is 0 Å². The molecule has 2 rings (SSSR count). The summed E-state index contributed by atoms with van der Waals surface area (Å²) < 4.78 is 26.3. The molecule has 0 aliphatic heterocycles. The van der Waals surface area contributed by atoms with Crippen LogP contribution in [0.2, 0.25) is 0 Å². The molecule has 0 spiro atoms. The van der Waals surface area contributed by atoms with Crippen molar-refractivity contribution in [2.75, 3.05) is 20.6 Å². The molecule has 8 heteroatoms. The maximum atomic E-state index is 12.5. The fourth-order valence-corrected chi connectivity index (χ4v) is 4.27. The average molecular weight is 508 g/mol. The van der Waals surface area contributed by atoms with Crippen LogP contribution in [0.4, 0.5) is 0 Å². The molecule has 0 aromatic heterocycles. The van der Waals surface area contributed by atoms with Crippen LogP contribution in [0.5, 0.6) is 0 Å². The first-order chi connectivity index (χ1) is 12.3. The van der Waals surface area contributed by atoms with Crippen LogP contribution < -0.4 is 10.6 Å². The summed E-state index contributed by atoms with van der Waals surface area (Å²) in [6, 6.07) is 7.50. The molecule has 6 nitrogen and oxygen atoms in total. The highest BCUT2D eigenvalue weighted by molar-refractivity contribution is 14.0. The zero-order chi connectivity index (χ0) is 19.2. The number of aliphatic imine (C=N–C) groups is 1. The van der Waals surface area contributed by atoms with Gasteiger partial charge in [0, 0.05) is 26.7 Å². The van der Waals surface area contributed by atoms with E-state index < -0.39 is 10.0 Å². The molecular formula is C19H33IN4O2S. The van der Waals surface area contributed by atoms with Gasteiger partial charge in [0.05, 0.1) is 11.4 Å². The molecule has 1 aliphatic carbocycles. The van der Waals surface area contributed by atoms with Crippen molar-refractivity contribution in [1.29, 1.82) is 0 Å². The number of rotatable bonds is 6. The number of hydrogen-bond donors (Lipinski definition) is 2. The standard InChI is InChI=1S/C19H32N4O2S.HI/c1-5-20-19(22-17-12-10-15(2)11-13-17)21-14-16-8-6-7-9-18(16)26(24,25)23(3)4;/h6-9,15,17H,5,10-14H2,1-4H3,(H2,20,21,22);1H. The summed E-state index contributed by atoms with van der Waals surface area (Å²) in [6.45, 7) is 5.43. The molecular weight excluding hydrogens is 475 g/mol. The second kappa shape index (κ2) is 11.2. The van der Waals surface area contributed by atoms with Gasteiger partial charge in [-0.2, -0.15) is 0 Å². The van der Waals surface area contributed by atoms with Gasteiger partial charge in [0.2, 0.25) is 10.0 Å². The minimum Gasteiger partial charge on any atom is -0.357 e. The van der Waals surface area contributed by atoms with Gasteiger partial charge in [-0.05, 0) is 50.2 Å². The maximum absolute atomic E-state index is 12.5. The van der Waals surface area contributed by atoms with E-state index in [1.54, 1.807) is 26.2 Å². The van der Waals surface area contributed by atoms with Crippen molar-refractivity contribution >= 4 is 40.0 Å². The number of sulfonamides is 1. The Morgan fingerprint density at radius 1 is 1.19 bits per heavy atom. The van der Waals surface area contributed by atoms with Crippen molar-refractivity contribution in [1.82, 2.24) is 14.9 Å². The van der Waals surface area contributed by atoms with E-state index in [2.05, 4.69) is 22.5 Å². The summed E-state index contributed by atoms with van der Waals surface area (Å²) in [7, 11) is -0.384. The van der Waals surface area contributed by atoms with Gasteiger partial charge < -0.3 is 10.6 Å². The first-order valence-electron chi connectivity index (χ1n) is 9.39. The predicted octanol–water partition coefficient (Wildman–Crippen LogP) is 3.19. The second-order valence-electron chi connectivity index (χ2n) is 7.19. The smallest absolute Gasteiger partial charge is 0.242 e. The van der Waals surface area contributed by atoms with Gasteiger partial charge in [-0.1, -0.05) is 25.1 Å². The zero-order valence-electron chi connectivity index (χ0n) is 16.7. The molecule has 0 radical (unpaired) electrons. The van der Waals surface area contributed by atoms with E-state index in [4.69, 9.17) is 0 Å². The number of halogens is 1. The van der Waals surface area contributed by atoms with Crippen molar-refractivity contribution in [3.05, 3.63) is 29.8 Å².